The lowest BCUT2D eigenvalue weighted by Crippen LogP contribution is -2.07. The zero-order valence-electron chi connectivity index (χ0n) is 13.1. The molecule has 0 heterocycles. The van der Waals surface area contributed by atoms with Crippen LogP contribution in [0.4, 0.5) is 0 Å². The fraction of sp³-hybridized carbons (Fsp3) is 0.0952. The van der Waals surface area contributed by atoms with Gasteiger partial charge in [-0.3, -0.25) is 4.79 Å². The van der Waals surface area contributed by atoms with Gasteiger partial charge in [0.1, 0.15) is 17.2 Å². The monoisotopic (exact) mass is 380 g/mol. The first-order valence-corrected chi connectivity index (χ1v) is 8.65. The van der Waals surface area contributed by atoms with Gasteiger partial charge in [-0.15, -0.1) is 0 Å². The third kappa shape index (κ3) is 4.12. The smallest absolute Gasteiger partial charge is 0.181 e. The van der Waals surface area contributed by atoms with Crippen LogP contribution in [0.1, 0.15) is 26.3 Å². The first-order valence-electron chi connectivity index (χ1n) is 7.74. The number of carbonyl (C=O) groups excluding carboxylic acids is 1. The highest BCUT2D eigenvalue weighted by molar-refractivity contribution is 9.09. The molecule has 0 aliphatic heterocycles. The van der Waals surface area contributed by atoms with Gasteiger partial charge in [-0.25, -0.2) is 0 Å². The number of ketones is 1. The molecule has 0 aromatic heterocycles. The number of alkyl halides is 1. The summed E-state index contributed by atoms with van der Waals surface area (Å²) in [5.74, 6) is 0.712. The number of carbonyl (C=O) groups is 1. The second-order valence-corrected chi connectivity index (χ2v) is 6.36. The number of hydrogen-bond acceptors (Lipinski definition) is 2. The van der Waals surface area contributed by atoms with Crippen LogP contribution in [0.15, 0.2) is 84.9 Å². The van der Waals surface area contributed by atoms with Gasteiger partial charge in [-0.1, -0.05) is 88.7 Å². The second kappa shape index (κ2) is 7.93. The van der Waals surface area contributed by atoms with Crippen LogP contribution in [0.5, 0.6) is 5.75 Å². The lowest BCUT2D eigenvalue weighted by atomic mass is 10.0. The highest BCUT2D eigenvalue weighted by Crippen LogP contribution is 2.28. The van der Waals surface area contributed by atoms with Crippen molar-refractivity contribution in [2.24, 2.45) is 0 Å². The average Bonchev–Trinajstić information content (AvgIpc) is 2.67. The first-order chi connectivity index (χ1) is 11.7. The molecule has 0 aliphatic carbocycles. The molecule has 0 saturated carbocycles. The minimum absolute atomic E-state index is 0.0198. The summed E-state index contributed by atoms with van der Waals surface area (Å²) in [6.07, 6.45) is 0. The van der Waals surface area contributed by atoms with Crippen molar-refractivity contribution in [3.05, 3.63) is 102 Å². The van der Waals surface area contributed by atoms with Gasteiger partial charge in [0, 0.05) is 5.56 Å². The molecule has 3 aromatic rings. The predicted octanol–water partition coefficient (Wildman–Crippen LogP) is 5.58. The van der Waals surface area contributed by atoms with Crippen LogP contribution >= 0.6 is 15.9 Å². The number of hydrogen-bond donors (Lipinski definition) is 0. The summed E-state index contributed by atoms with van der Waals surface area (Å²) in [5, 5.41) is 0. The average molecular weight is 381 g/mol. The fourth-order valence-corrected chi connectivity index (χ4v) is 2.97. The number of Topliss-reactive ketones (excluding diaryl/α,β-unsaturated/α-hetero) is 1. The maximum Gasteiger partial charge on any atom is 0.181 e. The van der Waals surface area contributed by atoms with Gasteiger partial charge < -0.3 is 4.74 Å². The molecule has 0 fully saturated rings. The Bertz CT molecular complexity index is 800. The fourth-order valence-electron chi connectivity index (χ4n) is 2.40. The van der Waals surface area contributed by atoms with Crippen molar-refractivity contribution in [2.45, 2.75) is 11.4 Å². The molecular formula is C21H17BrO2. The Hall–Kier alpha value is -2.39. The molecular weight excluding hydrogens is 364 g/mol. The molecule has 3 rings (SSSR count). The van der Waals surface area contributed by atoms with E-state index >= 15 is 0 Å². The van der Waals surface area contributed by atoms with Crippen molar-refractivity contribution in [2.75, 3.05) is 0 Å². The number of rotatable bonds is 6. The molecule has 3 aromatic carbocycles. The summed E-state index contributed by atoms with van der Waals surface area (Å²) in [5.41, 5.74) is 2.67. The van der Waals surface area contributed by atoms with Crippen molar-refractivity contribution in [1.29, 1.82) is 0 Å². The summed E-state index contributed by atoms with van der Waals surface area (Å²) >= 11 is 3.50. The van der Waals surface area contributed by atoms with E-state index in [4.69, 9.17) is 4.74 Å². The molecule has 1 atom stereocenters. The van der Waals surface area contributed by atoms with Gasteiger partial charge in [0.2, 0.25) is 0 Å². The number of ether oxygens (including phenoxy) is 1. The normalized spacial score (nSPS) is 11.7. The Morgan fingerprint density at radius 2 is 1.54 bits per heavy atom. The Morgan fingerprint density at radius 3 is 2.25 bits per heavy atom. The second-order valence-electron chi connectivity index (χ2n) is 5.44. The van der Waals surface area contributed by atoms with Crippen molar-refractivity contribution < 1.29 is 9.53 Å². The largest absolute Gasteiger partial charge is 0.489 e. The Labute approximate surface area is 150 Å². The first kappa shape index (κ1) is 16.5. The minimum atomic E-state index is -0.358. The summed E-state index contributed by atoms with van der Waals surface area (Å²) in [7, 11) is 0. The van der Waals surface area contributed by atoms with Crippen LogP contribution in [-0.4, -0.2) is 5.78 Å². The topological polar surface area (TPSA) is 26.3 Å². The van der Waals surface area contributed by atoms with Crippen molar-refractivity contribution in [1.82, 2.24) is 0 Å². The summed E-state index contributed by atoms with van der Waals surface area (Å²) in [6, 6.07) is 26.9. The molecule has 24 heavy (non-hydrogen) atoms. The van der Waals surface area contributed by atoms with E-state index in [2.05, 4.69) is 15.9 Å². The predicted molar refractivity (Wildman–Crippen MR) is 99.7 cm³/mol. The molecule has 0 radical (unpaired) electrons. The molecule has 3 heteroatoms. The third-order valence-corrected chi connectivity index (χ3v) is 4.63. The molecule has 0 N–H and O–H groups in total. The van der Waals surface area contributed by atoms with E-state index in [1.165, 1.54) is 0 Å². The van der Waals surface area contributed by atoms with Gasteiger partial charge in [0.05, 0.1) is 0 Å². The highest BCUT2D eigenvalue weighted by Gasteiger charge is 2.19. The van der Waals surface area contributed by atoms with Crippen LogP contribution in [0, 0.1) is 0 Å². The van der Waals surface area contributed by atoms with Gasteiger partial charge >= 0.3 is 0 Å². The van der Waals surface area contributed by atoms with Crippen LogP contribution < -0.4 is 4.74 Å². The molecule has 1 unspecified atom stereocenters. The van der Waals surface area contributed by atoms with E-state index in [1.807, 2.05) is 78.9 Å². The zero-order chi connectivity index (χ0) is 16.8. The molecule has 0 amide bonds. The quantitative estimate of drug-likeness (QED) is 0.411. The van der Waals surface area contributed by atoms with Crippen LogP contribution in [0.2, 0.25) is 0 Å². The van der Waals surface area contributed by atoms with E-state index in [0.29, 0.717) is 17.9 Å². The zero-order valence-corrected chi connectivity index (χ0v) is 14.6. The van der Waals surface area contributed by atoms with E-state index in [-0.39, 0.29) is 10.6 Å². The van der Waals surface area contributed by atoms with Crippen molar-refractivity contribution in [3.8, 4) is 5.75 Å². The summed E-state index contributed by atoms with van der Waals surface area (Å²) in [4.78, 5) is 12.3. The lowest BCUT2D eigenvalue weighted by Gasteiger charge is -2.11. The van der Waals surface area contributed by atoms with Crippen molar-refractivity contribution >= 4 is 21.7 Å². The van der Waals surface area contributed by atoms with E-state index in [1.54, 1.807) is 6.07 Å². The van der Waals surface area contributed by atoms with Crippen LogP contribution in [-0.2, 0) is 6.61 Å². The molecule has 0 saturated heterocycles. The van der Waals surface area contributed by atoms with Gasteiger partial charge in [0.15, 0.2) is 5.78 Å². The van der Waals surface area contributed by atoms with Gasteiger partial charge in [0.25, 0.3) is 0 Å². The molecule has 0 bridgehead atoms. The third-order valence-electron chi connectivity index (χ3n) is 3.69. The molecule has 0 spiro atoms. The number of halogens is 1. The Morgan fingerprint density at radius 1 is 0.875 bits per heavy atom. The van der Waals surface area contributed by atoms with E-state index < -0.39 is 0 Å². The maximum atomic E-state index is 12.7. The van der Waals surface area contributed by atoms with Gasteiger partial charge in [-0.05, 0) is 23.3 Å². The van der Waals surface area contributed by atoms with Crippen LogP contribution in [0.25, 0.3) is 0 Å². The minimum Gasteiger partial charge on any atom is -0.489 e. The molecule has 2 nitrogen and oxygen atoms in total. The summed E-state index contributed by atoms with van der Waals surface area (Å²) < 4.78 is 5.80. The molecule has 120 valence electrons. The molecule has 0 aliphatic rings. The van der Waals surface area contributed by atoms with Crippen LogP contribution in [0.3, 0.4) is 0 Å². The SMILES string of the molecule is O=C(c1cccc(OCc2ccccc2)c1)C(Br)c1ccccc1. The van der Waals surface area contributed by atoms with Gasteiger partial charge in [-0.2, -0.15) is 0 Å². The summed E-state index contributed by atoms with van der Waals surface area (Å²) in [6.45, 7) is 0.481. The Kier molecular flexibility index (Phi) is 5.44. The lowest BCUT2D eigenvalue weighted by molar-refractivity contribution is 0.0991. The standard InChI is InChI=1S/C21H17BrO2/c22-20(17-10-5-2-6-11-17)21(23)18-12-7-13-19(14-18)24-15-16-8-3-1-4-9-16/h1-14,20H,15H2. The van der Waals surface area contributed by atoms with E-state index in [0.717, 1.165) is 11.1 Å². The number of benzene rings is 3. The highest BCUT2D eigenvalue weighted by atomic mass is 79.9. The van der Waals surface area contributed by atoms with Crippen molar-refractivity contribution in [3.63, 3.8) is 0 Å². The maximum absolute atomic E-state index is 12.7. The Balaban J connectivity index is 1.71. The van der Waals surface area contributed by atoms with E-state index in [9.17, 15) is 4.79 Å².